The van der Waals surface area contributed by atoms with Gasteiger partial charge in [-0.05, 0) is 37.6 Å². The second-order valence-corrected chi connectivity index (χ2v) is 6.37. The van der Waals surface area contributed by atoms with Gasteiger partial charge in [0.1, 0.15) is 5.82 Å². The van der Waals surface area contributed by atoms with Gasteiger partial charge in [0, 0.05) is 38.6 Å². The average molecular weight is 372 g/mol. The van der Waals surface area contributed by atoms with Crippen LogP contribution in [0, 0.1) is 12.7 Å². The van der Waals surface area contributed by atoms with Crippen molar-refractivity contribution in [2.45, 2.75) is 20.0 Å². The second kappa shape index (κ2) is 8.11. The predicted octanol–water partition coefficient (Wildman–Crippen LogP) is 1.82. The maximum Gasteiger partial charge on any atom is 0.339 e. The minimum absolute atomic E-state index is 0.126. The van der Waals surface area contributed by atoms with Crippen molar-refractivity contribution in [1.82, 2.24) is 14.9 Å². The Balaban J connectivity index is 1.56. The largest absolute Gasteiger partial charge is 0.449 e. The lowest BCUT2D eigenvalue weighted by molar-refractivity contribution is -0.140. The molecule has 2 heterocycles. The first kappa shape index (κ1) is 18.8. The fourth-order valence-corrected chi connectivity index (χ4v) is 2.93. The summed E-state index contributed by atoms with van der Waals surface area (Å²) < 4.78 is 18.6. The van der Waals surface area contributed by atoms with Crippen molar-refractivity contribution in [2.24, 2.45) is 0 Å². The van der Waals surface area contributed by atoms with Gasteiger partial charge in [-0.25, -0.2) is 19.2 Å². The summed E-state index contributed by atoms with van der Waals surface area (Å²) in [7, 11) is 0. The Morgan fingerprint density at radius 2 is 1.81 bits per heavy atom. The van der Waals surface area contributed by atoms with Crippen LogP contribution in [0.1, 0.15) is 22.8 Å². The quantitative estimate of drug-likeness (QED) is 0.762. The molecule has 1 aromatic heterocycles. The highest BCUT2D eigenvalue weighted by atomic mass is 19.1. The third kappa shape index (κ3) is 4.39. The number of esters is 1. The highest BCUT2D eigenvalue weighted by molar-refractivity contribution is 5.93. The number of ether oxygens (including phenoxy) is 1. The van der Waals surface area contributed by atoms with Crippen LogP contribution in [0.15, 0.2) is 36.7 Å². The Morgan fingerprint density at radius 3 is 2.48 bits per heavy atom. The van der Waals surface area contributed by atoms with Crippen LogP contribution in [0.25, 0.3) is 0 Å². The van der Waals surface area contributed by atoms with Gasteiger partial charge in [0.15, 0.2) is 6.10 Å². The zero-order valence-electron chi connectivity index (χ0n) is 15.3. The van der Waals surface area contributed by atoms with Gasteiger partial charge in [-0.15, -0.1) is 0 Å². The normalized spacial score (nSPS) is 15.4. The van der Waals surface area contributed by atoms with Gasteiger partial charge in [0.05, 0.1) is 5.56 Å². The molecule has 1 fully saturated rings. The van der Waals surface area contributed by atoms with E-state index in [2.05, 4.69) is 9.97 Å². The van der Waals surface area contributed by atoms with Crippen molar-refractivity contribution < 1.29 is 18.7 Å². The Labute approximate surface area is 156 Å². The number of aryl methyl sites for hydroxylation is 1. The van der Waals surface area contributed by atoms with E-state index in [1.807, 2.05) is 4.90 Å². The van der Waals surface area contributed by atoms with Crippen LogP contribution < -0.4 is 4.90 Å². The summed E-state index contributed by atoms with van der Waals surface area (Å²) in [6, 6.07) is 5.65. The zero-order valence-corrected chi connectivity index (χ0v) is 15.3. The van der Waals surface area contributed by atoms with Crippen LogP contribution in [0.2, 0.25) is 0 Å². The summed E-state index contributed by atoms with van der Waals surface area (Å²) in [5.74, 6) is -0.869. The molecule has 2 aromatic rings. The molecule has 1 amide bonds. The number of amides is 1. The van der Waals surface area contributed by atoms with E-state index in [1.54, 1.807) is 30.3 Å². The number of halogens is 1. The molecule has 1 unspecified atom stereocenters. The number of nitrogens with zero attached hydrogens (tertiary/aromatic N) is 4. The molecule has 0 radical (unpaired) electrons. The molecule has 1 aliphatic heterocycles. The molecule has 1 aromatic carbocycles. The third-order valence-electron chi connectivity index (χ3n) is 4.48. The van der Waals surface area contributed by atoms with E-state index in [-0.39, 0.29) is 11.5 Å². The number of hydrogen-bond donors (Lipinski definition) is 0. The van der Waals surface area contributed by atoms with Crippen molar-refractivity contribution in [3.05, 3.63) is 53.6 Å². The number of carbonyl (C=O) groups excluding carboxylic acids is 2. The van der Waals surface area contributed by atoms with Gasteiger partial charge in [-0.1, -0.05) is 6.07 Å². The lowest BCUT2D eigenvalue weighted by Gasteiger charge is -2.35. The molecule has 0 saturated carbocycles. The maximum atomic E-state index is 13.4. The van der Waals surface area contributed by atoms with Crippen LogP contribution >= 0.6 is 0 Å². The summed E-state index contributed by atoms with van der Waals surface area (Å²) in [5.41, 5.74) is 0.721. The molecule has 0 bridgehead atoms. The molecule has 0 aliphatic carbocycles. The van der Waals surface area contributed by atoms with E-state index in [0.29, 0.717) is 37.7 Å². The molecule has 1 aliphatic rings. The standard InChI is InChI=1S/C19H21FN4O3/c1-13-4-5-15(20)12-16(13)18(26)27-14(2)17(25)23-8-10-24(11-9-23)19-21-6-3-7-22-19/h3-7,12,14H,8-11H2,1-2H3. The fourth-order valence-electron chi connectivity index (χ4n) is 2.93. The van der Waals surface area contributed by atoms with Crippen molar-refractivity contribution in [2.75, 3.05) is 31.1 Å². The van der Waals surface area contributed by atoms with Crippen molar-refractivity contribution >= 4 is 17.8 Å². The highest BCUT2D eigenvalue weighted by Gasteiger charge is 2.28. The highest BCUT2D eigenvalue weighted by Crippen LogP contribution is 2.15. The first-order chi connectivity index (χ1) is 13.0. The van der Waals surface area contributed by atoms with Crippen LogP contribution in [0.4, 0.5) is 10.3 Å². The number of piperazine rings is 1. The molecular formula is C19H21FN4O3. The first-order valence-electron chi connectivity index (χ1n) is 8.73. The van der Waals surface area contributed by atoms with Gasteiger partial charge in [-0.2, -0.15) is 0 Å². The van der Waals surface area contributed by atoms with E-state index in [0.717, 1.165) is 6.07 Å². The van der Waals surface area contributed by atoms with E-state index < -0.39 is 17.9 Å². The molecule has 27 heavy (non-hydrogen) atoms. The Morgan fingerprint density at radius 1 is 1.15 bits per heavy atom. The van der Waals surface area contributed by atoms with Crippen LogP contribution in [-0.4, -0.2) is 59.0 Å². The Kier molecular flexibility index (Phi) is 5.63. The SMILES string of the molecule is Cc1ccc(F)cc1C(=O)OC(C)C(=O)N1CCN(c2ncccn2)CC1. The summed E-state index contributed by atoms with van der Waals surface area (Å²) in [5, 5.41) is 0. The van der Waals surface area contributed by atoms with Gasteiger partial charge in [0.2, 0.25) is 5.95 Å². The van der Waals surface area contributed by atoms with Crippen LogP contribution in [0.3, 0.4) is 0 Å². The molecule has 1 atom stereocenters. The van der Waals surface area contributed by atoms with Gasteiger partial charge in [0.25, 0.3) is 5.91 Å². The molecule has 0 N–H and O–H groups in total. The third-order valence-corrected chi connectivity index (χ3v) is 4.48. The Bertz CT molecular complexity index is 823. The molecule has 8 heteroatoms. The molecule has 7 nitrogen and oxygen atoms in total. The van der Waals surface area contributed by atoms with Crippen molar-refractivity contribution in [1.29, 1.82) is 0 Å². The number of carbonyl (C=O) groups is 2. The molecule has 0 spiro atoms. The minimum atomic E-state index is -0.945. The number of anilines is 1. The van der Waals surface area contributed by atoms with Crippen LogP contribution in [0.5, 0.6) is 0 Å². The van der Waals surface area contributed by atoms with E-state index in [4.69, 9.17) is 4.74 Å². The van der Waals surface area contributed by atoms with Gasteiger partial charge in [-0.3, -0.25) is 4.79 Å². The molecular weight excluding hydrogens is 351 g/mol. The lowest BCUT2D eigenvalue weighted by atomic mass is 10.1. The summed E-state index contributed by atoms with van der Waals surface area (Å²) in [6.45, 7) is 5.38. The fraction of sp³-hybridized carbons (Fsp3) is 0.368. The minimum Gasteiger partial charge on any atom is -0.449 e. The van der Waals surface area contributed by atoms with Gasteiger partial charge < -0.3 is 14.5 Å². The predicted molar refractivity (Wildman–Crippen MR) is 96.8 cm³/mol. The average Bonchev–Trinajstić information content (AvgIpc) is 2.70. The molecule has 1 saturated heterocycles. The smallest absolute Gasteiger partial charge is 0.339 e. The van der Waals surface area contributed by atoms with E-state index >= 15 is 0 Å². The maximum absolute atomic E-state index is 13.4. The van der Waals surface area contributed by atoms with Gasteiger partial charge >= 0.3 is 5.97 Å². The molecule has 142 valence electrons. The Hall–Kier alpha value is -3.03. The van der Waals surface area contributed by atoms with Crippen molar-refractivity contribution in [3.8, 4) is 0 Å². The van der Waals surface area contributed by atoms with Crippen molar-refractivity contribution in [3.63, 3.8) is 0 Å². The summed E-state index contributed by atoms with van der Waals surface area (Å²) in [6.07, 6.45) is 2.41. The van der Waals surface area contributed by atoms with E-state index in [9.17, 15) is 14.0 Å². The number of hydrogen-bond acceptors (Lipinski definition) is 6. The van der Waals surface area contributed by atoms with E-state index in [1.165, 1.54) is 19.1 Å². The lowest BCUT2D eigenvalue weighted by Crippen LogP contribution is -2.52. The number of aromatic nitrogens is 2. The first-order valence-corrected chi connectivity index (χ1v) is 8.73. The summed E-state index contributed by atoms with van der Waals surface area (Å²) >= 11 is 0. The zero-order chi connectivity index (χ0) is 19.4. The number of rotatable bonds is 4. The monoisotopic (exact) mass is 372 g/mol. The second-order valence-electron chi connectivity index (χ2n) is 6.37. The number of benzene rings is 1. The summed E-state index contributed by atoms with van der Waals surface area (Å²) in [4.78, 5) is 36.9. The topological polar surface area (TPSA) is 75.6 Å². The molecule has 3 rings (SSSR count). The van der Waals surface area contributed by atoms with Crippen LogP contribution in [-0.2, 0) is 9.53 Å².